The van der Waals surface area contributed by atoms with E-state index in [4.69, 9.17) is 0 Å². The maximum atomic E-state index is 4.15. The van der Waals surface area contributed by atoms with Crippen molar-refractivity contribution in [2.24, 2.45) is 7.05 Å². The van der Waals surface area contributed by atoms with E-state index in [-0.39, 0.29) is 0 Å². The molecule has 2 nitrogen and oxygen atoms in total. The first-order valence-corrected chi connectivity index (χ1v) is 3.58. The second-order valence-corrected chi connectivity index (χ2v) is 2.67. The smallest absolute Gasteiger partial charge is 0.0682 e. The van der Waals surface area contributed by atoms with Crippen molar-refractivity contribution in [3.05, 3.63) is 30.0 Å². The molecule has 1 radical (unpaired) electrons. The summed E-state index contributed by atoms with van der Waals surface area (Å²) in [5.74, 6) is 0. The average molecular weight is 145 g/mol. The van der Waals surface area contributed by atoms with Crippen LogP contribution in [0.5, 0.6) is 0 Å². The summed E-state index contributed by atoms with van der Waals surface area (Å²) in [5, 5.41) is 5.34. The summed E-state index contributed by atoms with van der Waals surface area (Å²) in [6.45, 7) is 2.05. The molecule has 0 unspecified atom stereocenters. The number of nitrogens with zero attached hydrogens (tertiary/aromatic N) is 2. The van der Waals surface area contributed by atoms with E-state index in [1.807, 2.05) is 37.0 Å². The maximum Gasteiger partial charge on any atom is 0.0682 e. The normalized spacial score (nSPS) is 10.7. The number of rotatable bonds is 0. The molecular weight excluding hydrogens is 136 g/mol. The van der Waals surface area contributed by atoms with Crippen LogP contribution >= 0.6 is 0 Å². The van der Waals surface area contributed by atoms with E-state index < -0.39 is 0 Å². The summed E-state index contributed by atoms with van der Waals surface area (Å²) < 4.78 is 1.87. The zero-order valence-electron chi connectivity index (χ0n) is 6.63. The molecule has 0 bridgehead atoms. The van der Waals surface area contributed by atoms with E-state index in [9.17, 15) is 0 Å². The summed E-state index contributed by atoms with van der Waals surface area (Å²) in [7, 11) is 1.95. The van der Waals surface area contributed by atoms with Gasteiger partial charge in [0.2, 0.25) is 0 Å². The fraction of sp³-hybridized carbons (Fsp3) is 0.222. The van der Waals surface area contributed by atoms with Crippen LogP contribution in [0.25, 0.3) is 10.9 Å². The molecule has 11 heavy (non-hydrogen) atoms. The van der Waals surface area contributed by atoms with Gasteiger partial charge in [-0.1, -0.05) is 6.07 Å². The molecular formula is C9H9N2. The Hall–Kier alpha value is -1.31. The lowest BCUT2D eigenvalue weighted by atomic mass is 10.1. The summed E-state index contributed by atoms with van der Waals surface area (Å²) in [4.78, 5) is 0. The number of aryl methyl sites for hydroxylation is 2. The molecule has 0 saturated heterocycles. The van der Waals surface area contributed by atoms with Crippen molar-refractivity contribution in [2.75, 3.05) is 0 Å². The second-order valence-electron chi connectivity index (χ2n) is 2.67. The number of hydrogen-bond donors (Lipinski definition) is 0. The molecule has 0 atom stereocenters. The molecule has 2 rings (SSSR count). The Morgan fingerprint density at radius 2 is 2.36 bits per heavy atom. The van der Waals surface area contributed by atoms with Crippen molar-refractivity contribution >= 4 is 10.9 Å². The number of aromatic nitrogens is 2. The maximum absolute atomic E-state index is 4.15. The first kappa shape index (κ1) is 6.40. The van der Waals surface area contributed by atoms with Crippen molar-refractivity contribution in [1.82, 2.24) is 9.78 Å². The van der Waals surface area contributed by atoms with Gasteiger partial charge in [-0.2, -0.15) is 5.10 Å². The van der Waals surface area contributed by atoms with E-state index in [1.54, 1.807) is 0 Å². The average Bonchev–Trinajstić information content (AvgIpc) is 2.35. The van der Waals surface area contributed by atoms with E-state index >= 15 is 0 Å². The zero-order chi connectivity index (χ0) is 7.84. The Morgan fingerprint density at radius 3 is 3.09 bits per heavy atom. The van der Waals surface area contributed by atoms with Crippen molar-refractivity contribution in [3.8, 4) is 0 Å². The molecule has 2 aromatic rings. The first-order chi connectivity index (χ1) is 5.29. The molecule has 0 spiro atoms. The van der Waals surface area contributed by atoms with E-state index in [2.05, 4.69) is 11.2 Å². The quantitative estimate of drug-likeness (QED) is 0.551. The molecule has 2 heteroatoms. The van der Waals surface area contributed by atoms with Crippen molar-refractivity contribution < 1.29 is 0 Å². The van der Waals surface area contributed by atoms with Gasteiger partial charge < -0.3 is 0 Å². The van der Waals surface area contributed by atoms with E-state index in [1.165, 1.54) is 10.9 Å². The van der Waals surface area contributed by atoms with Gasteiger partial charge in [-0.15, -0.1) is 0 Å². The van der Waals surface area contributed by atoms with E-state index in [0.717, 1.165) is 5.56 Å². The van der Waals surface area contributed by atoms with Crippen LogP contribution in [0.15, 0.2) is 18.3 Å². The highest BCUT2D eigenvalue weighted by atomic mass is 15.2. The van der Waals surface area contributed by atoms with Gasteiger partial charge in [0.05, 0.1) is 11.7 Å². The number of hydrogen-bond acceptors (Lipinski definition) is 1. The summed E-state index contributed by atoms with van der Waals surface area (Å²) in [6.07, 6.45) is 1.88. The molecule has 0 aliphatic heterocycles. The Labute approximate surface area is 65.5 Å². The van der Waals surface area contributed by atoms with Crippen LogP contribution in [0.4, 0.5) is 0 Å². The number of benzene rings is 1. The third kappa shape index (κ3) is 0.827. The highest BCUT2D eigenvalue weighted by Crippen LogP contribution is 2.15. The highest BCUT2D eigenvalue weighted by Gasteiger charge is 1.99. The third-order valence-corrected chi connectivity index (χ3v) is 1.93. The molecule has 1 aromatic carbocycles. The molecule has 0 saturated carbocycles. The Kier molecular flexibility index (Phi) is 1.22. The Morgan fingerprint density at radius 1 is 1.55 bits per heavy atom. The number of fused-ring (bicyclic) bond motifs is 1. The minimum absolute atomic E-state index is 1.16. The van der Waals surface area contributed by atoms with Crippen LogP contribution in [0.3, 0.4) is 0 Å². The largest absolute Gasteiger partial charge is 0.268 e. The highest BCUT2D eigenvalue weighted by molar-refractivity contribution is 5.81. The molecule has 1 aromatic heterocycles. The van der Waals surface area contributed by atoms with Gasteiger partial charge in [-0.3, -0.25) is 4.68 Å². The minimum Gasteiger partial charge on any atom is -0.268 e. The van der Waals surface area contributed by atoms with Crippen LogP contribution in [0.2, 0.25) is 0 Å². The molecule has 0 amide bonds. The molecule has 0 fully saturated rings. The topological polar surface area (TPSA) is 17.8 Å². The first-order valence-electron chi connectivity index (χ1n) is 3.58. The lowest BCUT2D eigenvalue weighted by Gasteiger charge is -1.94. The SMILES string of the molecule is Cc1[c]ccc2c1cnn2C. The summed E-state index contributed by atoms with van der Waals surface area (Å²) in [5.41, 5.74) is 2.33. The van der Waals surface area contributed by atoms with Gasteiger partial charge >= 0.3 is 0 Å². The lowest BCUT2D eigenvalue weighted by molar-refractivity contribution is 0.797. The lowest BCUT2D eigenvalue weighted by Crippen LogP contribution is -1.88. The van der Waals surface area contributed by atoms with Crippen LogP contribution in [-0.4, -0.2) is 9.78 Å². The van der Waals surface area contributed by atoms with Gasteiger partial charge in [-0.25, -0.2) is 0 Å². The predicted octanol–water partition coefficient (Wildman–Crippen LogP) is 1.68. The zero-order valence-corrected chi connectivity index (χ0v) is 6.63. The second kappa shape index (κ2) is 2.09. The van der Waals surface area contributed by atoms with Crippen molar-refractivity contribution in [2.45, 2.75) is 6.92 Å². The van der Waals surface area contributed by atoms with E-state index in [0.29, 0.717) is 0 Å². The van der Waals surface area contributed by atoms with Crippen LogP contribution in [0, 0.1) is 13.0 Å². The molecule has 1 heterocycles. The van der Waals surface area contributed by atoms with Crippen LogP contribution in [-0.2, 0) is 7.05 Å². The Balaban J connectivity index is 2.94. The minimum atomic E-state index is 1.16. The molecule has 0 aliphatic rings. The fourth-order valence-electron chi connectivity index (χ4n) is 1.26. The summed E-state index contributed by atoms with van der Waals surface area (Å²) in [6, 6.07) is 7.09. The van der Waals surface area contributed by atoms with Crippen molar-refractivity contribution in [1.29, 1.82) is 0 Å². The monoisotopic (exact) mass is 145 g/mol. The van der Waals surface area contributed by atoms with Gasteiger partial charge in [-0.05, 0) is 24.6 Å². The fourth-order valence-corrected chi connectivity index (χ4v) is 1.26. The van der Waals surface area contributed by atoms with Crippen LogP contribution in [0.1, 0.15) is 5.56 Å². The predicted molar refractivity (Wildman–Crippen MR) is 44.3 cm³/mol. The third-order valence-electron chi connectivity index (χ3n) is 1.93. The van der Waals surface area contributed by atoms with Gasteiger partial charge in [0.25, 0.3) is 0 Å². The van der Waals surface area contributed by atoms with Gasteiger partial charge in [0.15, 0.2) is 0 Å². The standard InChI is InChI=1S/C9H9N2/c1-7-4-3-5-9-8(7)6-10-11(9)2/h3,5-6H,1-2H3. The van der Waals surface area contributed by atoms with Gasteiger partial charge in [0, 0.05) is 12.4 Å². The summed E-state index contributed by atoms with van der Waals surface area (Å²) >= 11 is 0. The van der Waals surface area contributed by atoms with Gasteiger partial charge in [0.1, 0.15) is 0 Å². The molecule has 0 N–H and O–H groups in total. The molecule has 0 aliphatic carbocycles. The Bertz CT molecular complexity index is 387. The van der Waals surface area contributed by atoms with Crippen LogP contribution < -0.4 is 0 Å². The van der Waals surface area contributed by atoms with Crippen molar-refractivity contribution in [3.63, 3.8) is 0 Å². The molecule has 55 valence electrons.